The monoisotopic (exact) mass is 302 g/mol. The maximum absolute atomic E-state index is 12.4. The third-order valence-corrected chi connectivity index (χ3v) is 3.88. The molecule has 21 heavy (non-hydrogen) atoms. The zero-order valence-electron chi connectivity index (χ0n) is 11.5. The van der Waals surface area contributed by atoms with E-state index in [1.165, 1.54) is 0 Å². The van der Waals surface area contributed by atoms with Crippen molar-refractivity contribution in [2.24, 2.45) is 0 Å². The minimum atomic E-state index is -0.192. The van der Waals surface area contributed by atoms with E-state index in [2.05, 4.69) is 10.6 Å². The molecule has 2 N–H and O–H groups in total. The van der Waals surface area contributed by atoms with Crippen molar-refractivity contribution in [1.29, 1.82) is 0 Å². The quantitative estimate of drug-likeness (QED) is 0.912. The van der Waals surface area contributed by atoms with Crippen LogP contribution in [-0.2, 0) is 4.79 Å². The van der Waals surface area contributed by atoms with Crippen molar-refractivity contribution in [2.45, 2.75) is 5.92 Å². The molecule has 0 aliphatic carbocycles. The molecule has 0 radical (unpaired) electrons. The average Bonchev–Trinajstić information content (AvgIpc) is 2.93. The van der Waals surface area contributed by atoms with Crippen molar-refractivity contribution in [3.05, 3.63) is 53.1 Å². The molecular weight excluding hydrogens is 288 g/mol. The summed E-state index contributed by atoms with van der Waals surface area (Å²) in [7, 11) is 1.55. The number of halogens is 1. The van der Waals surface area contributed by atoms with E-state index in [1.807, 2.05) is 24.3 Å². The second-order valence-corrected chi connectivity index (χ2v) is 5.27. The number of ether oxygens (including phenoxy) is 1. The molecule has 4 nitrogen and oxygen atoms in total. The second kappa shape index (κ2) is 5.66. The zero-order valence-corrected chi connectivity index (χ0v) is 12.3. The van der Waals surface area contributed by atoms with E-state index in [1.54, 1.807) is 25.3 Å². The van der Waals surface area contributed by atoms with Gasteiger partial charge in [-0.3, -0.25) is 4.79 Å². The Morgan fingerprint density at radius 3 is 2.95 bits per heavy atom. The Hall–Kier alpha value is -2.20. The van der Waals surface area contributed by atoms with Crippen molar-refractivity contribution >= 4 is 28.9 Å². The topological polar surface area (TPSA) is 50.4 Å². The fourth-order valence-electron chi connectivity index (χ4n) is 2.48. The maximum Gasteiger partial charge on any atom is 0.233 e. The van der Waals surface area contributed by atoms with Crippen LogP contribution >= 0.6 is 11.6 Å². The number of fused-ring (bicyclic) bond motifs is 1. The van der Waals surface area contributed by atoms with Crippen molar-refractivity contribution in [3.63, 3.8) is 0 Å². The van der Waals surface area contributed by atoms with Crippen LogP contribution in [0.3, 0.4) is 0 Å². The number of rotatable bonds is 3. The number of carbonyl (C=O) groups excluding carboxylic acids is 1. The van der Waals surface area contributed by atoms with Gasteiger partial charge in [-0.05, 0) is 23.8 Å². The number of para-hydroxylation sites is 1. The Kier molecular flexibility index (Phi) is 3.71. The first-order valence-electron chi connectivity index (χ1n) is 6.66. The van der Waals surface area contributed by atoms with Crippen LogP contribution < -0.4 is 15.4 Å². The lowest BCUT2D eigenvalue weighted by atomic mass is 10.0. The van der Waals surface area contributed by atoms with Crippen molar-refractivity contribution < 1.29 is 9.53 Å². The highest BCUT2D eigenvalue weighted by molar-refractivity contribution is 6.32. The van der Waals surface area contributed by atoms with Gasteiger partial charge in [0.05, 0.1) is 18.1 Å². The van der Waals surface area contributed by atoms with E-state index >= 15 is 0 Å². The number of amides is 1. The molecule has 1 atom stereocenters. The summed E-state index contributed by atoms with van der Waals surface area (Å²) in [6, 6.07) is 13.0. The number of hydrogen-bond donors (Lipinski definition) is 2. The molecule has 0 bridgehead atoms. The highest BCUT2D eigenvalue weighted by atomic mass is 35.5. The standard InChI is InChI=1S/C16H15ClN2O2/c1-21-15-8-10(6-7-13(15)17)19-16(20)12-9-18-14-5-3-2-4-11(12)14/h2-8,12,18H,9H2,1H3,(H,19,20). The maximum atomic E-state index is 12.4. The molecule has 2 aromatic rings. The number of anilines is 2. The Morgan fingerprint density at radius 2 is 2.14 bits per heavy atom. The Bertz CT molecular complexity index is 688. The summed E-state index contributed by atoms with van der Waals surface area (Å²) >= 11 is 5.98. The molecule has 0 aromatic heterocycles. The normalized spacial score (nSPS) is 16.0. The van der Waals surface area contributed by atoms with Crippen molar-refractivity contribution in [3.8, 4) is 5.75 Å². The number of nitrogens with one attached hydrogen (secondary N) is 2. The molecule has 0 saturated carbocycles. The van der Waals surface area contributed by atoms with E-state index in [4.69, 9.17) is 16.3 Å². The van der Waals surface area contributed by atoms with Gasteiger partial charge >= 0.3 is 0 Å². The Labute approximate surface area is 128 Å². The van der Waals surface area contributed by atoms with Crippen molar-refractivity contribution in [2.75, 3.05) is 24.3 Å². The molecule has 0 fully saturated rings. The fraction of sp³-hybridized carbons (Fsp3) is 0.188. The lowest BCUT2D eigenvalue weighted by Crippen LogP contribution is -2.22. The number of hydrogen-bond acceptors (Lipinski definition) is 3. The van der Waals surface area contributed by atoms with Gasteiger partial charge < -0.3 is 15.4 Å². The van der Waals surface area contributed by atoms with Crippen LogP contribution in [0.15, 0.2) is 42.5 Å². The van der Waals surface area contributed by atoms with E-state index in [9.17, 15) is 4.79 Å². The first-order chi connectivity index (χ1) is 10.2. The number of methoxy groups -OCH3 is 1. The molecule has 0 saturated heterocycles. The average molecular weight is 303 g/mol. The van der Waals surface area contributed by atoms with E-state index < -0.39 is 0 Å². The summed E-state index contributed by atoms with van der Waals surface area (Å²) < 4.78 is 5.15. The van der Waals surface area contributed by atoms with Crippen molar-refractivity contribution in [1.82, 2.24) is 0 Å². The van der Waals surface area contributed by atoms with Crippen LogP contribution in [0.25, 0.3) is 0 Å². The van der Waals surface area contributed by atoms with Gasteiger partial charge in [0.15, 0.2) is 0 Å². The minimum absolute atomic E-state index is 0.0446. The summed E-state index contributed by atoms with van der Waals surface area (Å²) in [5, 5.41) is 6.67. The molecule has 3 rings (SSSR count). The lowest BCUT2D eigenvalue weighted by Gasteiger charge is -2.12. The largest absolute Gasteiger partial charge is 0.495 e. The molecule has 2 aromatic carbocycles. The van der Waals surface area contributed by atoms with Crippen LogP contribution in [0.4, 0.5) is 11.4 Å². The summed E-state index contributed by atoms with van der Waals surface area (Å²) in [5.74, 6) is 0.305. The summed E-state index contributed by atoms with van der Waals surface area (Å²) in [6.45, 7) is 0.607. The van der Waals surface area contributed by atoms with Gasteiger partial charge in [-0.25, -0.2) is 0 Å². The SMILES string of the molecule is COc1cc(NC(=O)C2CNc3ccccc32)ccc1Cl. The molecule has 0 spiro atoms. The van der Waals surface area contributed by atoms with E-state index in [0.29, 0.717) is 23.0 Å². The van der Waals surface area contributed by atoms with Gasteiger partial charge in [0.25, 0.3) is 0 Å². The Balaban J connectivity index is 1.79. The summed E-state index contributed by atoms with van der Waals surface area (Å²) in [5.41, 5.74) is 2.72. The molecule has 108 valence electrons. The highest BCUT2D eigenvalue weighted by Gasteiger charge is 2.28. The predicted octanol–water partition coefficient (Wildman–Crippen LogP) is 3.50. The van der Waals surface area contributed by atoms with Crippen LogP contribution in [-0.4, -0.2) is 19.6 Å². The lowest BCUT2D eigenvalue weighted by molar-refractivity contribution is -0.117. The van der Waals surface area contributed by atoms with Gasteiger partial charge in [-0.2, -0.15) is 0 Å². The second-order valence-electron chi connectivity index (χ2n) is 4.86. The van der Waals surface area contributed by atoms with Gasteiger partial charge in [-0.1, -0.05) is 29.8 Å². The summed E-state index contributed by atoms with van der Waals surface area (Å²) in [4.78, 5) is 12.4. The summed E-state index contributed by atoms with van der Waals surface area (Å²) in [6.07, 6.45) is 0. The number of carbonyl (C=O) groups is 1. The fourth-order valence-corrected chi connectivity index (χ4v) is 2.68. The third-order valence-electron chi connectivity index (χ3n) is 3.57. The molecule has 1 unspecified atom stereocenters. The first kappa shape index (κ1) is 13.8. The molecule has 1 heterocycles. The molecule has 1 aliphatic rings. The molecule has 1 aliphatic heterocycles. The zero-order chi connectivity index (χ0) is 14.8. The van der Waals surface area contributed by atoms with Gasteiger partial charge in [0.1, 0.15) is 5.75 Å². The van der Waals surface area contributed by atoms with Crippen LogP contribution in [0.1, 0.15) is 11.5 Å². The molecular formula is C16H15ClN2O2. The van der Waals surface area contributed by atoms with Crippen LogP contribution in [0, 0.1) is 0 Å². The first-order valence-corrected chi connectivity index (χ1v) is 7.04. The predicted molar refractivity (Wildman–Crippen MR) is 84.3 cm³/mol. The minimum Gasteiger partial charge on any atom is -0.495 e. The van der Waals surface area contributed by atoms with E-state index in [-0.39, 0.29) is 11.8 Å². The molecule has 1 amide bonds. The number of benzene rings is 2. The van der Waals surface area contributed by atoms with Gasteiger partial charge in [0, 0.05) is 24.0 Å². The van der Waals surface area contributed by atoms with Gasteiger partial charge in [0.2, 0.25) is 5.91 Å². The highest BCUT2D eigenvalue weighted by Crippen LogP contribution is 2.33. The Morgan fingerprint density at radius 1 is 1.33 bits per heavy atom. The van der Waals surface area contributed by atoms with Crippen LogP contribution in [0.5, 0.6) is 5.75 Å². The third kappa shape index (κ3) is 2.67. The molecule has 5 heteroatoms. The van der Waals surface area contributed by atoms with E-state index in [0.717, 1.165) is 11.3 Å². The van der Waals surface area contributed by atoms with Gasteiger partial charge in [-0.15, -0.1) is 0 Å². The smallest absolute Gasteiger partial charge is 0.233 e. The van der Waals surface area contributed by atoms with Crippen LogP contribution in [0.2, 0.25) is 5.02 Å².